The summed E-state index contributed by atoms with van der Waals surface area (Å²) in [6.45, 7) is 6.56. The van der Waals surface area contributed by atoms with E-state index in [1.807, 2.05) is 13.0 Å². The molecule has 1 rings (SSSR count). The van der Waals surface area contributed by atoms with Gasteiger partial charge in [0.15, 0.2) is 0 Å². The fourth-order valence-corrected chi connectivity index (χ4v) is 2.19. The van der Waals surface area contributed by atoms with Gasteiger partial charge in [-0.25, -0.2) is 0 Å². The molecule has 112 valence electrons. The molecule has 5 nitrogen and oxygen atoms in total. The predicted molar refractivity (Wildman–Crippen MR) is 83.1 cm³/mol. The highest BCUT2D eigenvalue weighted by atomic mass is 16.6. The second-order valence-corrected chi connectivity index (χ2v) is 5.08. The molecule has 5 heteroatoms. The van der Waals surface area contributed by atoms with Crippen molar-refractivity contribution in [1.82, 2.24) is 4.90 Å². The number of hydrogen-bond donors (Lipinski definition) is 1. The van der Waals surface area contributed by atoms with E-state index in [9.17, 15) is 10.1 Å². The number of hydrogen-bond acceptors (Lipinski definition) is 4. The van der Waals surface area contributed by atoms with Crippen molar-refractivity contribution in [2.24, 2.45) is 0 Å². The molecule has 0 bridgehead atoms. The normalized spacial score (nSPS) is 10.8. The Balaban J connectivity index is 2.71. The van der Waals surface area contributed by atoms with Crippen LogP contribution in [0.1, 0.15) is 38.7 Å². The molecule has 0 radical (unpaired) electrons. The molecular formula is C15H25N3O2. The van der Waals surface area contributed by atoms with Gasteiger partial charge in [-0.1, -0.05) is 25.8 Å². The first kappa shape index (κ1) is 16.4. The Morgan fingerprint density at radius 1 is 1.30 bits per heavy atom. The molecule has 0 heterocycles. The third-order valence-electron chi connectivity index (χ3n) is 3.22. The van der Waals surface area contributed by atoms with Gasteiger partial charge in [-0.05, 0) is 38.6 Å². The topological polar surface area (TPSA) is 58.4 Å². The van der Waals surface area contributed by atoms with Crippen molar-refractivity contribution in [2.75, 3.05) is 25.5 Å². The Hall–Kier alpha value is -1.62. The molecule has 0 aliphatic rings. The second kappa shape index (κ2) is 8.53. The number of nitrogens with one attached hydrogen (secondary N) is 1. The van der Waals surface area contributed by atoms with Gasteiger partial charge in [0.1, 0.15) is 5.69 Å². The van der Waals surface area contributed by atoms with Gasteiger partial charge < -0.3 is 10.2 Å². The lowest BCUT2D eigenvalue weighted by molar-refractivity contribution is -0.384. The molecule has 0 fully saturated rings. The van der Waals surface area contributed by atoms with E-state index in [1.54, 1.807) is 12.1 Å². The van der Waals surface area contributed by atoms with Crippen molar-refractivity contribution in [3.63, 3.8) is 0 Å². The highest BCUT2D eigenvalue weighted by molar-refractivity contribution is 5.62. The van der Waals surface area contributed by atoms with Gasteiger partial charge in [-0.15, -0.1) is 0 Å². The van der Waals surface area contributed by atoms with Crippen LogP contribution in [-0.4, -0.2) is 30.0 Å². The van der Waals surface area contributed by atoms with Gasteiger partial charge in [0.05, 0.1) is 4.92 Å². The number of anilines is 1. The van der Waals surface area contributed by atoms with E-state index in [4.69, 9.17) is 0 Å². The van der Waals surface area contributed by atoms with Crippen LogP contribution in [0.4, 0.5) is 11.4 Å². The van der Waals surface area contributed by atoms with Gasteiger partial charge >= 0.3 is 0 Å². The smallest absolute Gasteiger partial charge is 0.292 e. The Bertz CT molecular complexity index is 435. The third-order valence-corrected chi connectivity index (χ3v) is 3.22. The molecule has 0 saturated heterocycles. The third kappa shape index (κ3) is 5.17. The van der Waals surface area contributed by atoms with Crippen molar-refractivity contribution in [3.8, 4) is 0 Å². The maximum atomic E-state index is 11.1. The minimum absolute atomic E-state index is 0.159. The molecule has 0 aromatic heterocycles. The highest BCUT2D eigenvalue weighted by Crippen LogP contribution is 2.25. The molecule has 1 N–H and O–H groups in total. The zero-order chi connectivity index (χ0) is 15.0. The van der Waals surface area contributed by atoms with Gasteiger partial charge in [-0.2, -0.15) is 0 Å². The summed E-state index contributed by atoms with van der Waals surface area (Å²) in [7, 11) is 2.06. The van der Waals surface area contributed by atoms with Gasteiger partial charge in [-0.3, -0.25) is 10.1 Å². The number of nitrogens with zero attached hydrogens (tertiary/aromatic N) is 2. The first-order chi connectivity index (χ1) is 9.58. The first-order valence-electron chi connectivity index (χ1n) is 7.28. The van der Waals surface area contributed by atoms with Crippen LogP contribution in [-0.2, 0) is 6.54 Å². The molecule has 1 aromatic carbocycles. The summed E-state index contributed by atoms with van der Waals surface area (Å²) in [6, 6.07) is 5.44. The van der Waals surface area contributed by atoms with E-state index < -0.39 is 0 Å². The summed E-state index contributed by atoms with van der Waals surface area (Å²) in [5.41, 5.74) is 1.73. The Morgan fingerprint density at radius 2 is 2.05 bits per heavy atom. The van der Waals surface area contributed by atoms with Crippen LogP contribution in [0.15, 0.2) is 18.2 Å². The molecule has 0 aliphatic heterocycles. The lowest BCUT2D eigenvalue weighted by atomic mass is 10.1. The van der Waals surface area contributed by atoms with E-state index in [-0.39, 0.29) is 10.6 Å². The van der Waals surface area contributed by atoms with Gasteiger partial charge in [0, 0.05) is 19.2 Å². The molecule has 0 spiro atoms. The quantitative estimate of drug-likeness (QED) is 0.426. The fraction of sp³-hybridized carbons (Fsp3) is 0.600. The molecule has 0 atom stereocenters. The summed E-state index contributed by atoms with van der Waals surface area (Å²) in [6.07, 6.45) is 3.60. The van der Waals surface area contributed by atoms with Crippen LogP contribution in [0.25, 0.3) is 0 Å². The SMILES string of the molecule is CCCCCN(C)Cc1ccc(NCC)c([N+](=O)[O-])c1. The largest absolute Gasteiger partial charge is 0.380 e. The fourth-order valence-electron chi connectivity index (χ4n) is 2.19. The molecule has 1 aromatic rings. The van der Waals surface area contributed by atoms with Crippen molar-refractivity contribution < 1.29 is 4.92 Å². The average molecular weight is 279 g/mol. The molecule has 0 aliphatic carbocycles. The Labute approximate surface area is 121 Å². The highest BCUT2D eigenvalue weighted by Gasteiger charge is 2.14. The lowest BCUT2D eigenvalue weighted by Gasteiger charge is -2.16. The van der Waals surface area contributed by atoms with Gasteiger partial charge in [0.25, 0.3) is 5.69 Å². The van der Waals surface area contributed by atoms with E-state index in [2.05, 4.69) is 24.2 Å². The van der Waals surface area contributed by atoms with Gasteiger partial charge in [0.2, 0.25) is 0 Å². The van der Waals surface area contributed by atoms with Crippen LogP contribution in [0.2, 0.25) is 0 Å². The zero-order valence-corrected chi connectivity index (χ0v) is 12.7. The number of unbranched alkanes of at least 4 members (excludes halogenated alkanes) is 2. The van der Waals surface area contributed by atoms with Crippen molar-refractivity contribution >= 4 is 11.4 Å². The minimum Gasteiger partial charge on any atom is -0.380 e. The number of nitro groups is 1. The lowest BCUT2D eigenvalue weighted by Crippen LogP contribution is -2.19. The van der Waals surface area contributed by atoms with E-state index in [1.165, 1.54) is 19.3 Å². The van der Waals surface area contributed by atoms with E-state index in [0.717, 1.165) is 18.7 Å². The number of nitro benzene ring substituents is 1. The number of rotatable bonds is 9. The average Bonchev–Trinajstić information content (AvgIpc) is 2.41. The molecule has 0 amide bonds. The second-order valence-electron chi connectivity index (χ2n) is 5.08. The Morgan fingerprint density at radius 3 is 2.65 bits per heavy atom. The first-order valence-corrected chi connectivity index (χ1v) is 7.28. The van der Waals surface area contributed by atoms with Crippen LogP contribution in [0.3, 0.4) is 0 Å². The monoisotopic (exact) mass is 279 g/mol. The van der Waals surface area contributed by atoms with Crippen LogP contribution >= 0.6 is 0 Å². The van der Waals surface area contributed by atoms with Crippen LogP contribution < -0.4 is 5.32 Å². The summed E-state index contributed by atoms with van der Waals surface area (Å²) < 4.78 is 0. The number of benzene rings is 1. The van der Waals surface area contributed by atoms with Crippen molar-refractivity contribution in [3.05, 3.63) is 33.9 Å². The van der Waals surface area contributed by atoms with Crippen molar-refractivity contribution in [1.29, 1.82) is 0 Å². The summed E-state index contributed by atoms with van der Waals surface area (Å²) >= 11 is 0. The maximum Gasteiger partial charge on any atom is 0.292 e. The van der Waals surface area contributed by atoms with E-state index in [0.29, 0.717) is 12.2 Å². The zero-order valence-electron chi connectivity index (χ0n) is 12.7. The van der Waals surface area contributed by atoms with Crippen LogP contribution in [0.5, 0.6) is 0 Å². The molecule has 0 unspecified atom stereocenters. The standard InChI is InChI=1S/C15H25N3O2/c1-4-6-7-10-17(3)12-13-8-9-14(16-5-2)15(11-13)18(19)20/h8-9,11,16H,4-7,10,12H2,1-3H3. The summed E-state index contributed by atoms with van der Waals surface area (Å²) in [5.74, 6) is 0. The minimum atomic E-state index is -0.321. The molecule has 20 heavy (non-hydrogen) atoms. The Kier molecular flexibility index (Phi) is 7.01. The predicted octanol–water partition coefficient (Wildman–Crippen LogP) is 3.65. The maximum absolute atomic E-state index is 11.1. The van der Waals surface area contributed by atoms with E-state index >= 15 is 0 Å². The summed E-state index contributed by atoms with van der Waals surface area (Å²) in [4.78, 5) is 13.0. The van der Waals surface area contributed by atoms with Crippen LogP contribution in [0, 0.1) is 10.1 Å². The molecule has 0 saturated carbocycles. The molecular weight excluding hydrogens is 254 g/mol. The van der Waals surface area contributed by atoms with Crippen molar-refractivity contribution in [2.45, 2.75) is 39.7 Å². The summed E-state index contributed by atoms with van der Waals surface area (Å²) in [5, 5.41) is 14.1.